The predicted molar refractivity (Wildman–Crippen MR) is 112 cm³/mol. The smallest absolute Gasteiger partial charge is 0.265 e. The van der Waals surface area contributed by atoms with E-state index in [1.165, 1.54) is 19.3 Å². The van der Waals surface area contributed by atoms with E-state index in [0.29, 0.717) is 16.9 Å². The molecule has 1 saturated carbocycles. The number of fused-ring (bicyclic) bond motifs is 4. The van der Waals surface area contributed by atoms with Gasteiger partial charge in [0.2, 0.25) is 0 Å². The first-order valence-corrected chi connectivity index (χ1v) is 10.4. The summed E-state index contributed by atoms with van der Waals surface area (Å²) in [6.07, 6.45) is 8.47. The Morgan fingerprint density at radius 1 is 1.07 bits per heavy atom. The van der Waals surface area contributed by atoms with Crippen molar-refractivity contribution in [1.29, 1.82) is 0 Å². The van der Waals surface area contributed by atoms with Gasteiger partial charge in [-0.15, -0.1) is 0 Å². The van der Waals surface area contributed by atoms with Gasteiger partial charge in [0.1, 0.15) is 17.2 Å². The first kappa shape index (κ1) is 17.3. The zero-order chi connectivity index (χ0) is 19.3. The molecular weight excluding hydrogens is 350 g/mol. The van der Waals surface area contributed by atoms with Gasteiger partial charge in [0.25, 0.3) is 5.56 Å². The van der Waals surface area contributed by atoms with E-state index in [2.05, 4.69) is 18.4 Å². The molecule has 0 bridgehead atoms. The van der Waals surface area contributed by atoms with E-state index in [1.807, 2.05) is 24.3 Å². The Hall–Kier alpha value is -2.76. The summed E-state index contributed by atoms with van der Waals surface area (Å²) < 4.78 is 3.94. The summed E-state index contributed by atoms with van der Waals surface area (Å²) >= 11 is 0. The van der Waals surface area contributed by atoms with Crippen molar-refractivity contribution in [1.82, 2.24) is 24.1 Å². The summed E-state index contributed by atoms with van der Waals surface area (Å²) in [4.78, 5) is 28.0. The van der Waals surface area contributed by atoms with Crippen LogP contribution in [-0.4, -0.2) is 24.1 Å². The number of hydrogen-bond acceptors (Lipinski definition) is 4. The van der Waals surface area contributed by atoms with Crippen molar-refractivity contribution < 1.29 is 0 Å². The average molecular weight is 375 g/mol. The summed E-state index contributed by atoms with van der Waals surface area (Å²) in [6, 6.07) is 8.30. The van der Waals surface area contributed by atoms with Gasteiger partial charge in [-0.1, -0.05) is 38.3 Å². The highest BCUT2D eigenvalue weighted by molar-refractivity contribution is 6.04. The molecule has 4 aromatic rings. The number of aromatic nitrogens is 5. The largest absolute Gasteiger partial charge is 0.305 e. The molecule has 0 unspecified atom stereocenters. The molecule has 3 heterocycles. The van der Waals surface area contributed by atoms with Gasteiger partial charge in [-0.3, -0.25) is 9.36 Å². The fourth-order valence-electron chi connectivity index (χ4n) is 4.47. The van der Waals surface area contributed by atoms with E-state index in [4.69, 9.17) is 15.0 Å². The molecule has 1 aliphatic carbocycles. The summed E-state index contributed by atoms with van der Waals surface area (Å²) in [5.41, 5.74) is 3.89. The molecule has 144 valence electrons. The maximum atomic E-state index is 13.4. The first-order chi connectivity index (χ1) is 13.7. The minimum Gasteiger partial charge on any atom is -0.305 e. The molecule has 0 saturated heterocycles. The maximum Gasteiger partial charge on any atom is 0.265 e. The number of nitrogens with zero attached hydrogens (tertiary/aromatic N) is 5. The minimum atomic E-state index is -0.0107. The van der Waals surface area contributed by atoms with Gasteiger partial charge in [-0.25, -0.2) is 15.0 Å². The van der Waals surface area contributed by atoms with E-state index < -0.39 is 0 Å². The minimum absolute atomic E-state index is 0.0107. The standard InChI is InChI=1S/C22H25N5O/c1-3-14(2)26-13-23-20-18(22(26)28)19-21(27(20)15-9-5-4-6-10-15)25-17-12-8-7-11-16(17)24-19/h7-8,11-15H,3-6,9-10H2,1-2H3/t14-/m0/s1. The highest BCUT2D eigenvalue weighted by atomic mass is 16.1. The van der Waals surface area contributed by atoms with Crippen molar-refractivity contribution in [3.8, 4) is 0 Å². The van der Waals surface area contributed by atoms with Gasteiger partial charge < -0.3 is 4.57 Å². The monoisotopic (exact) mass is 375 g/mol. The quantitative estimate of drug-likeness (QED) is 0.517. The fraction of sp³-hybridized carbons (Fsp3) is 0.455. The second-order valence-electron chi connectivity index (χ2n) is 7.96. The molecule has 0 spiro atoms. The topological polar surface area (TPSA) is 65.6 Å². The highest BCUT2D eigenvalue weighted by Gasteiger charge is 2.26. The Balaban J connectivity index is 1.91. The van der Waals surface area contributed by atoms with Crippen LogP contribution < -0.4 is 5.56 Å². The second kappa shape index (κ2) is 6.69. The number of benzene rings is 1. The Bertz CT molecular complexity index is 1230. The number of rotatable bonds is 3. The van der Waals surface area contributed by atoms with E-state index in [-0.39, 0.29) is 11.6 Å². The molecular formula is C22H25N5O. The molecule has 0 N–H and O–H groups in total. The summed E-state index contributed by atoms with van der Waals surface area (Å²) in [5, 5.41) is 0.613. The van der Waals surface area contributed by atoms with Crippen molar-refractivity contribution >= 4 is 33.2 Å². The Labute approximate surface area is 163 Å². The molecule has 0 aliphatic heterocycles. The average Bonchev–Trinajstić information content (AvgIpc) is 3.06. The van der Waals surface area contributed by atoms with Crippen LogP contribution >= 0.6 is 0 Å². The predicted octanol–water partition coefficient (Wildman–Crippen LogP) is 4.77. The lowest BCUT2D eigenvalue weighted by atomic mass is 9.95. The molecule has 1 aliphatic rings. The molecule has 3 aromatic heterocycles. The fourth-order valence-corrected chi connectivity index (χ4v) is 4.47. The van der Waals surface area contributed by atoms with E-state index >= 15 is 0 Å². The van der Waals surface area contributed by atoms with Crippen molar-refractivity contribution in [3.05, 3.63) is 40.9 Å². The SMILES string of the molecule is CC[C@H](C)n1cnc2c(c1=O)c1nc3ccccc3nc1n2C1CCCCC1. The van der Waals surface area contributed by atoms with Crippen LogP contribution in [-0.2, 0) is 0 Å². The van der Waals surface area contributed by atoms with E-state index in [1.54, 1.807) is 10.9 Å². The third kappa shape index (κ3) is 2.54. The Morgan fingerprint density at radius 3 is 2.50 bits per heavy atom. The third-order valence-electron chi connectivity index (χ3n) is 6.23. The van der Waals surface area contributed by atoms with Gasteiger partial charge in [-0.2, -0.15) is 0 Å². The van der Waals surface area contributed by atoms with Crippen LogP contribution in [0.1, 0.15) is 64.5 Å². The van der Waals surface area contributed by atoms with Crippen LogP contribution in [0.25, 0.3) is 33.2 Å². The lowest BCUT2D eigenvalue weighted by Crippen LogP contribution is -2.24. The van der Waals surface area contributed by atoms with Crippen LogP contribution in [0.2, 0.25) is 0 Å². The number of para-hydroxylation sites is 2. The van der Waals surface area contributed by atoms with Gasteiger partial charge in [-0.05, 0) is 38.3 Å². The zero-order valence-electron chi connectivity index (χ0n) is 16.4. The Kier molecular flexibility index (Phi) is 4.14. The van der Waals surface area contributed by atoms with Crippen LogP contribution in [0, 0.1) is 0 Å². The lowest BCUT2D eigenvalue weighted by Gasteiger charge is -2.24. The summed E-state index contributed by atoms with van der Waals surface area (Å²) in [5.74, 6) is 0. The van der Waals surface area contributed by atoms with Gasteiger partial charge in [0, 0.05) is 12.1 Å². The van der Waals surface area contributed by atoms with Gasteiger partial charge in [0.15, 0.2) is 11.3 Å². The molecule has 1 aromatic carbocycles. The van der Waals surface area contributed by atoms with Crippen molar-refractivity contribution in [2.75, 3.05) is 0 Å². The molecule has 0 amide bonds. The summed E-state index contributed by atoms with van der Waals surface area (Å²) in [7, 11) is 0. The zero-order valence-corrected chi connectivity index (χ0v) is 16.4. The van der Waals surface area contributed by atoms with Crippen LogP contribution in [0.15, 0.2) is 35.4 Å². The van der Waals surface area contributed by atoms with Crippen molar-refractivity contribution in [2.45, 2.75) is 64.5 Å². The van der Waals surface area contributed by atoms with Crippen molar-refractivity contribution in [3.63, 3.8) is 0 Å². The number of hydrogen-bond donors (Lipinski definition) is 0. The van der Waals surface area contributed by atoms with Gasteiger partial charge in [0.05, 0.1) is 11.0 Å². The van der Waals surface area contributed by atoms with Crippen LogP contribution in [0.3, 0.4) is 0 Å². The molecule has 6 nitrogen and oxygen atoms in total. The van der Waals surface area contributed by atoms with Crippen molar-refractivity contribution in [2.24, 2.45) is 0 Å². The molecule has 1 atom stereocenters. The van der Waals surface area contributed by atoms with Crippen LogP contribution in [0.5, 0.6) is 0 Å². The third-order valence-corrected chi connectivity index (χ3v) is 6.23. The normalized spacial score (nSPS) is 16.9. The molecule has 5 rings (SSSR count). The first-order valence-electron chi connectivity index (χ1n) is 10.4. The Morgan fingerprint density at radius 2 is 1.79 bits per heavy atom. The maximum absolute atomic E-state index is 13.4. The van der Waals surface area contributed by atoms with E-state index in [0.717, 1.165) is 41.6 Å². The highest BCUT2D eigenvalue weighted by Crippen LogP contribution is 2.35. The molecule has 1 fully saturated rings. The molecule has 6 heteroatoms. The summed E-state index contributed by atoms with van der Waals surface area (Å²) in [6.45, 7) is 4.14. The second-order valence-corrected chi connectivity index (χ2v) is 7.96. The van der Waals surface area contributed by atoms with Gasteiger partial charge >= 0.3 is 0 Å². The van der Waals surface area contributed by atoms with Crippen LogP contribution in [0.4, 0.5) is 0 Å². The molecule has 0 radical (unpaired) electrons. The van der Waals surface area contributed by atoms with E-state index in [9.17, 15) is 4.79 Å². The lowest BCUT2D eigenvalue weighted by molar-refractivity contribution is 0.365. The molecule has 28 heavy (non-hydrogen) atoms.